The van der Waals surface area contributed by atoms with Crippen molar-refractivity contribution >= 4 is 44.4 Å². The molecule has 0 aliphatic rings. The van der Waals surface area contributed by atoms with E-state index in [4.69, 9.17) is 10.1 Å². The highest BCUT2D eigenvalue weighted by Crippen LogP contribution is 2.39. The lowest BCUT2D eigenvalue weighted by Crippen LogP contribution is -1.97. The third-order valence-electron chi connectivity index (χ3n) is 5.48. The first-order valence-electron chi connectivity index (χ1n) is 10.3. The van der Waals surface area contributed by atoms with E-state index in [1.54, 1.807) is 11.3 Å². The van der Waals surface area contributed by atoms with E-state index in [1.165, 1.54) is 27.9 Å². The minimum Gasteiger partial charge on any atom is -0.497 e. The van der Waals surface area contributed by atoms with Gasteiger partial charge in [0.15, 0.2) is 4.96 Å². The lowest BCUT2D eigenvalue weighted by molar-refractivity contribution is -0.404. The molecule has 0 saturated carbocycles. The Bertz CT molecular complexity index is 1630. The van der Waals surface area contributed by atoms with Crippen molar-refractivity contribution in [2.45, 2.75) is 13.8 Å². The first-order valence-corrected chi connectivity index (χ1v) is 11.2. The highest BCUT2D eigenvalue weighted by atomic mass is 32.1. The van der Waals surface area contributed by atoms with Crippen molar-refractivity contribution in [1.82, 2.24) is 9.38 Å². The van der Waals surface area contributed by atoms with Gasteiger partial charge >= 0.3 is 11.4 Å². The zero-order valence-electron chi connectivity index (χ0n) is 18.8. The van der Waals surface area contributed by atoms with Crippen LogP contribution in [0.5, 0.6) is 5.75 Å². The molecule has 0 aliphatic carbocycles. The summed E-state index contributed by atoms with van der Waals surface area (Å²) in [6.07, 6.45) is 0. The number of phenols is 1. The number of nitro benzene ring substituents is 3. The van der Waals surface area contributed by atoms with Gasteiger partial charge in [-0.15, -0.1) is 11.3 Å². The van der Waals surface area contributed by atoms with E-state index in [9.17, 15) is 30.3 Å². The fourth-order valence-electron chi connectivity index (χ4n) is 3.56. The van der Waals surface area contributed by atoms with Crippen LogP contribution in [0.3, 0.4) is 0 Å². The predicted molar refractivity (Wildman–Crippen MR) is 134 cm³/mol. The van der Waals surface area contributed by atoms with Gasteiger partial charge in [0.2, 0.25) is 0 Å². The van der Waals surface area contributed by atoms with Gasteiger partial charge in [-0.3, -0.25) is 34.7 Å². The topological polar surface area (TPSA) is 167 Å². The van der Waals surface area contributed by atoms with Crippen LogP contribution in [0.2, 0.25) is 0 Å². The van der Waals surface area contributed by atoms with Crippen LogP contribution in [-0.2, 0) is 0 Å². The normalized spacial score (nSPS) is 10.7. The van der Waals surface area contributed by atoms with E-state index >= 15 is 0 Å². The molecule has 2 aromatic heterocycles. The van der Waals surface area contributed by atoms with Gasteiger partial charge < -0.3 is 5.11 Å². The van der Waals surface area contributed by atoms with Crippen molar-refractivity contribution < 1.29 is 19.9 Å². The largest absolute Gasteiger partial charge is 0.497 e. The summed E-state index contributed by atoms with van der Waals surface area (Å²) in [5.74, 6) is -1.21. The summed E-state index contributed by atoms with van der Waals surface area (Å²) in [5, 5.41) is 42.4. The fraction of sp³-hybridized carbons (Fsp3) is 0.0870. The second kappa shape index (κ2) is 9.38. The molecule has 0 amide bonds. The van der Waals surface area contributed by atoms with E-state index in [0.29, 0.717) is 12.1 Å². The Morgan fingerprint density at radius 1 is 0.861 bits per heavy atom. The first kappa shape index (κ1) is 24.2. The summed E-state index contributed by atoms with van der Waals surface area (Å²) < 4.78 is 2.27. The maximum absolute atomic E-state index is 10.4. The molecule has 0 unspecified atom stereocenters. The molecular weight excluding hydrogens is 490 g/mol. The Labute approximate surface area is 206 Å². The predicted octanol–water partition coefficient (Wildman–Crippen LogP) is 5.95. The van der Waals surface area contributed by atoms with Crippen molar-refractivity contribution in [3.63, 3.8) is 0 Å². The molecule has 13 heteroatoms. The fourth-order valence-corrected chi connectivity index (χ4v) is 4.47. The summed E-state index contributed by atoms with van der Waals surface area (Å²) >= 11 is 1.70. The summed E-state index contributed by atoms with van der Waals surface area (Å²) in [6, 6.07) is 15.8. The van der Waals surface area contributed by atoms with Crippen molar-refractivity contribution in [3.05, 3.63) is 101 Å². The SMILES string of the molecule is Cc1cc2nc3scc(-c4ccccc4)n3c2cc1C.O=[N+]([O-])c1cc([N+](=O)[O-])c(O)c([N+](=O)[O-])c1. The minimum absolute atomic E-state index is 0.447. The van der Waals surface area contributed by atoms with Crippen LogP contribution >= 0.6 is 11.3 Å². The smallest absolute Gasteiger partial charge is 0.324 e. The zero-order valence-corrected chi connectivity index (χ0v) is 19.6. The van der Waals surface area contributed by atoms with Crippen LogP contribution < -0.4 is 0 Å². The monoisotopic (exact) mass is 507 g/mol. The molecule has 5 rings (SSSR count). The molecular formula is C23H17N5O7S. The number of fused-ring (bicyclic) bond motifs is 3. The number of rotatable bonds is 4. The van der Waals surface area contributed by atoms with Crippen LogP contribution in [0.15, 0.2) is 60.0 Å². The molecule has 1 N–H and O–H groups in total. The van der Waals surface area contributed by atoms with Gasteiger partial charge in [-0.25, -0.2) is 4.98 Å². The summed E-state index contributed by atoms with van der Waals surface area (Å²) in [4.78, 5) is 33.6. The Kier molecular flexibility index (Phi) is 6.31. The van der Waals surface area contributed by atoms with E-state index in [2.05, 4.69) is 60.0 Å². The van der Waals surface area contributed by atoms with E-state index in [-0.39, 0.29) is 0 Å². The molecule has 5 aromatic rings. The van der Waals surface area contributed by atoms with Crippen LogP contribution in [-0.4, -0.2) is 29.3 Å². The highest BCUT2D eigenvalue weighted by molar-refractivity contribution is 7.15. The average Bonchev–Trinajstić information content (AvgIpc) is 3.39. The average molecular weight is 507 g/mol. The Balaban J connectivity index is 0.000000175. The van der Waals surface area contributed by atoms with Gasteiger partial charge in [-0.2, -0.15) is 0 Å². The van der Waals surface area contributed by atoms with E-state index < -0.39 is 37.6 Å². The van der Waals surface area contributed by atoms with Crippen molar-refractivity contribution in [3.8, 4) is 17.0 Å². The van der Waals surface area contributed by atoms with Gasteiger partial charge in [0.05, 0.1) is 43.6 Å². The van der Waals surface area contributed by atoms with Gasteiger partial charge in [0, 0.05) is 5.38 Å². The van der Waals surface area contributed by atoms with Crippen molar-refractivity contribution in [2.24, 2.45) is 0 Å². The van der Waals surface area contributed by atoms with Crippen molar-refractivity contribution in [2.75, 3.05) is 0 Å². The Morgan fingerprint density at radius 3 is 2.00 bits per heavy atom. The molecule has 0 radical (unpaired) electrons. The summed E-state index contributed by atoms with van der Waals surface area (Å²) in [7, 11) is 0. The molecule has 12 nitrogen and oxygen atoms in total. The maximum Gasteiger partial charge on any atom is 0.324 e. The number of thiazole rings is 1. The molecule has 0 spiro atoms. The zero-order chi connectivity index (χ0) is 26.1. The van der Waals surface area contributed by atoms with Crippen LogP contribution in [0.25, 0.3) is 27.3 Å². The number of aromatic hydroxyl groups is 1. The number of hydrogen-bond donors (Lipinski definition) is 1. The lowest BCUT2D eigenvalue weighted by Gasteiger charge is -2.03. The molecule has 2 heterocycles. The lowest BCUT2D eigenvalue weighted by atomic mass is 10.1. The Morgan fingerprint density at radius 2 is 1.44 bits per heavy atom. The standard InChI is InChI=1S/C17H14N2S.C6H3N3O7/c1-11-8-14-15(9-12(11)2)19-16(10-20-17(19)18-14)13-6-4-3-5-7-13;10-6-4(8(13)14)1-3(7(11)12)2-5(6)9(15)16/h3-10H,1-2H3;1-2,10H. The van der Waals surface area contributed by atoms with Gasteiger partial charge in [0.25, 0.3) is 11.4 Å². The molecule has 0 saturated heterocycles. The minimum atomic E-state index is -1.21. The molecule has 0 fully saturated rings. The second-order valence-corrected chi connectivity index (χ2v) is 8.58. The van der Waals surface area contributed by atoms with Gasteiger partial charge in [-0.1, -0.05) is 30.3 Å². The summed E-state index contributed by atoms with van der Waals surface area (Å²) in [5.41, 5.74) is 4.33. The number of non-ortho nitro benzene ring substituents is 1. The number of nitro groups is 3. The second-order valence-electron chi connectivity index (χ2n) is 7.75. The number of aryl methyl sites for hydroxylation is 2. The van der Waals surface area contributed by atoms with Crippen LogP contribution in [0, 0.1) is 44.2 Å². The number of aromatic nitrogens is 2. The van der Waals surface area contributed by atoms with Gasteiger partial charge in [0.1, 0.15) is 0 Å². The quantitative estimate of drug-likeness (QED) is 0.230. The molecule has 182 valence electrons. The first-order chi connectivity index (χ1) is 17.1. The highest BCUT2D eigenvalue weighted by Gasteiger charge is 2.30. The molecule has 0 atom stereocenters. The van der Waals surface area contributed by atoms with Crippen LogP contribution in [0.1, 0.15) is 11.1 Å². The maximum atomic E-state index is 10.4. The van der Waals surface area contributed by atoms with Crippen LogP contribution in [0.4, 0.5) is 17.1 Å². The third kappa shape index (κ3) is 4.42. The van der Waals surface area contributed by atoms with Gasteiger partial charge in [-0.05, 0) is 42.7 Å². The van der Waals surface area contributed by atoms with E-state index in [0.717, 1.165) is 10.5 Å². The number of benzene rings is 3. The number of phenolic OH excluding ortho intramolecular Hbond substituents is 1. The molecule has 3 aromatic carbocycles. The number of nitrogens with zero attached hydrogens (tertiary/aromatic N) is 5. The Hall–Kier alpha value is -4.91. The number of imidazole rings is 1. The summed E-state index contributed by atoms with van der Waals surface area (Å²) in [6.45, 7) is 4.29. The van der Waals surface area contributed by atoms with Crippen molar-refractivity contribution in [1.29, 1.82) is 0 Å². The molecule has 0 aliphatic heterocycles. The van der Waals surface area contributed by atoms with E-state index in [1.807, 2.05) is 6.07 Å². The molecule has 36 heavy (non-hydrogen) atoms. The number of hydrogen-bond acceptors (Lipinski definition) is 9. The molecule has 0 bridgehead atoms. The third-order valence-corrected chi connectivity index (χ3v) is 6.31.